The Morgan fingerprint density at radius 2 is 1.81 bits per heavy atom. The quantitative estimate of drug-likeness (QED) is 0.569. The van der Waals surface area contributed by atoms with Gasteiger partial charge in [-0.05, 0) is 38.0 Å². The molecule has 5 nitrogen and oxygen atoms in total. The van der Waals surface area contributed by atoms with Gasteiger partial charge in [0.2, 0.25) is 5.78 Å². The summed E-state index contributed by atoms with van der Waals surface area (Å²) in [6.07, 6.45) is 5.95. The van der Waals surface area contributed by atoms with E-state index >= 15 is 0 Å². The summed E-state index contributed by atoms with van der Waals surface area (Å²) in [5.41, 5.74) is 3.18. The fourth-order valence-electron chi connectivity index (χ4n) is 4.51. The van der Waals surface area contributed by atoms with E-state index in [1.54, 1.807) is 6.07 Å². The molecule has 0 amide bonds. The zero-order valence-electron chi connectivity index (χ0n) is 18.5. The number of hydrogen-bond acceptors (Lipinski definition) is 3. The molecule has 1 aliphatic heterocycles. The fraction of sp³-hybridized carbons (Fsp3) is 0.346. The molecule has 0 aliphatic carbocycles. The minimum Gasteiger partial charge on any atom is -0.872 e. The molecule has 0 radical (unpaired) electrons. The van der Waals surface area contributed by atoms with Crippen molar-refractivity contribution in [1.29, 1.82) is 0 Å². The number of carbonyl (C=O) groups excluding carboxylic acids is 1. The molecule has 5 heteroatoms. The summed E-state index contributed by atoms with van der Waals surface area (Å²) in [5.74, 6) is 0.526. The van der Waals surface area contributed by atoms with Crippen LogP contribution >= 0.6 is 0 Å². The van der Waals surface area contributed by atoms with E-state index < -0.39 is 0 Å². The van der Waals surface area contributed by atoms with Gasteiger partial charge < -0.3 is 19.3 Å². The van der Waals surface area contributed by atoms with Crippen LogP contribution in [0.1, 0.15) is 55.1 Å². The number of carbonyl (C=O) groups is 1. The molecular formula is C26H30N2O3. The van der Waals surface area contributed by atoms with Crippen LogP contribution in [0.4, 0.5) is 0 Å². The first-order valence-corrected chi connectivity index (χ1v) is 11.3. The highest BCUT2D eigenvalue weighted by Gasteiger charge is 2.31. The Morgan fingerprint density at radius 3 is 2.52 bits per heavy atom. The highest BCUT2D eigenvalue weighted by atomic mass is 16.5. The molecule has 1 N–H and O–H groups in total. The van der Waals surface area contributed by atoms with E-state index in [1.165, 1.54) is 11.0 Å². The van der Waals surface area contributed by atoms with Crippen LogP contribution in [0.3, 0.4) is 0 Å². The summed E-state index contributed by atoms with van der Waals surface area (Å²) in [4.78, 5) is 14.4. The Hall–Kier alpha value is -3.05. The number of Topliss-reactive ketones (excluding diaryl/α,β-unsaturated/α-hetero) is 1. The molecule has 1 aromatic heterocycles. The van der Waals surface area contributed by atoms with Gasteiger partial charge in [0, 0.05) is 34.8 Å². The van der Waals surface area contributed by atoms with Gasteiger partial charge in [0.1, 0.15) is 12.3 Å². The van der Waals surface area contributed by atoms with Crippen LogP contribution in [0.2, 0.25) is 0 Å². The van der Waals surface area contributed by atoms with Gasteiger partial charge in [0.15, 0.2) is 5.76 Å². The third kappa shape index (κ3) is 3.98. The van der Waals surface area contributed by atoms with Crippen LogP contribution in [0.5, 0.6) is 11.5 Å². The second-order valence-electron chi connectivity index (χ2n) is 8.17. The van der Waals surface area contributed by atoms with Crippen LogP contribution in [-0.4, -0.2) is 23.4 Å². The summed E-state index contributed by atoms with van der Waals surface area (Å²) in [6.45, 7) is 9.80. The Morgan fingerprint density at radius 1 is 1.06 bits per heavy atom. The fourth-order valence-corrected chi connectivity index (χ4v) is 4.51. The van der Waals surface area contributed by atoms with E-state index in [1.807, 2.05) is 24.4 Å². The first kappa shape index (κ1) is 21.2. The number of hydrogen-bond donors (Lipinski definition) is 1. The number of allylic oxidation sites excluding steroid dienone is 1. The lowest BCUT2D eigenvalue weighted by atomic mass is 10.0. The van der Waals surface area contributed by atoms with Gasteiger partial charge in [-0.2, -0.15) is 0 Å². The van der Waals surface area contributed by atoms with Crippen LogP contribution < -0.4 is 14.7 Å². The number of benzene rings is 2. The SMILES string of the molecule is CCC[NH+](CCC)Cc1c([O-])ccc2c1OC(=Cc1cn(CC)c3ccccc13)C2=O. The minimum absolute atomic E-state index is 0.0555. The van der Waals surface area contributed by atoms with E-state index in [2.05, 4.69) is 37.5 Å². The van der Waals surface area contributed by atoms with Gasteiger partial charge in [0.05, 0.1) is 18.7 Å². The molecule has 2 aromatic carbocycles. The van der Waals surface area contributed by atoms with E-state index in [0.717, 1.165) is 48.9 Å². The maximum Gasteiger partial charge on any atom is 0.231 e. The van der Waals surface area contributed by atoms with Crippen molar-refractivity contribution in [3.05, 3.63) is 65.0 Å². The number of ether oxygens (including phenoxy) is 1. The maximum absolute atomic E-state index is 13.1. The van der Waals surface area contributed by atoms with Gasteiger partial charge in [-0.3, -0.25) is 4.79 Å². The lowest BCUT2D eigenvalue weighted by Gasteiger charge is -2.23. The van der Waals surface area contributed by atoms with Gasteiger partial charge in [-0.15, -0.1) is 0 Å². The smallest absolute Gasteiger partial charge is 0.231 e. The molecule has 0 saturated heterocycles. The molecule has 31 heavy (non-hydrogen) atoms. The van der Waals surface area contributed by atoms with Crippen molar-refractivity contribution in [2.45, 2.75) is 46.7 Å². The number of aromatic nitrogens is 1. The lowest BCUT2D eigenvalue weighted by molar-refractivity contribution is -0.914. The Balaban J connectivity index is 1.72. The highest BCUT2D eigenvalue weighted by molar-refractivity contribution is 6.15. The number of nitrogens with one attached hydrogen (secondary N) is 1. The number of quaternary nitrogens is 1. The summed E-state index contributed by atoms with van der Waals surface area (Å²) in [7, 11) is 0. The summed E-state index contributed by atoms with van der Waals surface area (Å²) < 4.78 is 8.23. The second-order valence-corrected chi connectivity index (χ2v) is 8.17. The molecule has 0 spiro atoms. The summed E-state index contributed by atoms with van der Waals surface area (Å²) >= 11 is 0. The molecule has 0 atom stereocenters. The number of nitrogens with zero attached hydrogens (tertiary/aromatic N) is 1. The van der Waals surface area contributed by atoms with Crippen molar-refractivity contribution in [3.8, 4) is 11.5 Å². The topological polar surface area (TPSA) is 58.7 Å². The Bertz CT molecular complexity index is 1140. The van der Waals surface area contributed by atoms with E-state index in [0.29, 0.717) is 23.4 Å². The van der Waals surface area contributed by atoms with Crippen molar-refractivity contribution in [2.75, 3.05) is 13.1 Å². The molecule has 0 saturated carbocycles. The summed E-state index contributed by atoms with van der Waals surface area (Å²) in [6, 6.07) is 11.3. The van der Waals surface area contributed by atoms with E-state index in [-0.39, 0.29) is 17.3 Å². The average molecular weight is 419 g/mol. The van der Waals surface area contributed by atoms with Crippen LogP contribution in [-0.2, 0) is 13.1 Å². The Kier molecular flexibility index (Phi) is 6.14. The first-order valence-electron chi connectivity index (χ1n) is 11.3. The minimum atomic E-state index is -0.155. The molecule has 3 aromatic rings. The highest BCUT2D eigenvalue weighted by Crippen LogP contribution is 2.38. The summed E-state index contributed by atoms with van der Waals surface area (Å²) in [5, 5.41) is 13.8. The third-order valence-electron chi connectivity index (χ3n) is 5.98. The first-order chi connectivity index (χ1) is 15.1. The molecule has 0 fully saturated rings. The lowest BCUT2D eigenvalue weighted by Crippen LogP contribution is -3.10. The van der Waals surface area contributed by atoms with Crippen molar-refractivity contribution in [1.82, 2.24) is 4.57 Å². The average Bonchev–Trinajstić information content (AvgIpc) is 3.28. The monoisotopic (exact) mass is 418 g/mol. The van der Waals surface area contributed by atoms with Gasteiger partial charge in [0.25, 0.3) is 0 Å². The molecular weight excluding hydrogens is 388 g/mol. The molecule has 4 rings (SSSR count). The largest absolute Gasteiger partial charge is 0.872 e. The van der Waals surface area contributed by atoms with Crippen LogP contribution in [0.15, 0.2) is 48.4 Å². The number of para-hydroxylation sites is 1. The number of rotatable bonds is 8. The zero-order valence-corrected chi connectivity index (χ0v) is 18.5. The molecule has 0 unspecified atom stereocenters. The van der Waals surface area contributed by atoms with Crippen molar-refractivity contribution in [3.63, 3.8) is 0 Å². The molecule has 1 aliphatic rings. The predicted molar refractivity (Wildman–Crippen MR) is 121 cm³/mol. The predicted octanol–water partition coefficient (Wildman–Crippen LogP) is 3.56. The number of ketones is 1. The van der Waals surface area contributed by atoms with Crippen molar-refractivity contribution in [2.24, 2.45) is 0 Å². The van der Waals surface area contributed by atoms with E-state index in [4.69, 9.17) is 4.74 Å². The number of aryl methyl sites for hydroxylation is 1. The van der Waals surface area contributed by atoms with Crippen molar-refractivity contribution < 1.29 is 19.5 Å². The van der Waals surface area contributed by atoms with E-state index in [9.17, 15) is 9.90 Å². The van der Waals surface area contributed by atoms with Gasteiger partial charge >= 0.3 is 0 Å². The normalized spacial score (nSPS) is 14.6. The van der Waals surface area contributed by atoms with Crippen LogP contribution in [0.25, 0.3) is 17.0 Å². The molecule has 0 bridgehead atoms. The Labute approximate surface area is 183 Å². The third-order valence-corrected chi connectivity index (χ3v) is 5.98. The molecule has 2 heterocycles. The second kappa shape index (κ2) is 8.98. The maximum atomic E-state index is 13.1. The zero-order chi connectivity index (χ0) is 22.0. The standard InChI is InChI=1S/C26H30N2O3/c1-4-13-27(14-5-2)17-21-23(29)12-11-20-25(30)24(31-26(20)21)15-18-16-28(6-3)22-10-8-7-9-19(18)22/h7-12,15-16,29H,4-6,13-14,17H2,1-3H3. The van der Waals surface area contributed by atoms with Gasteiger partial charge in [-0.25, -0.2) is 0 Å². The van der Waals surface area contributed by atoms with Gasteiger partial charge in [-0.1, -0.05) is 43.9 Å². The van der Waals surface area contributed by atoms with Crippen LogP contribution in [0, 0.1) is 0 Å². The van der Waals surface area contributed by atoms with Crippen molar-refractivity contribution >= 4 is 22.8 Å². The molecule has 162 valence electrons. The number of fused-ring (bicyclic) bond motifs is 2.